The molecular formula is C16H17N3O2. The first kappa shape index (κ1) is 14.6. The topological polar surface area (TPSA) is 84.2 Å². The van der Waals surface area contributed by atoms with Crippen LogP contribution >= 0.6 is 0 Å². The molecule has 0 aromatic heterocycles. The van der Waals surface area contributed by atoms with Gasteiger partial charge in [-0.3, -0.25) is 4.79 Å². The third-order valence-corrected chi connectivity index (χ3v) is 2.97. The van der Waals surface area contributed by atoms with Crippen LogP contribution in [0, 0.1) is 6.92 Å². The van der Waals surface area contributed by atoms with E-state index in [0.717, 1.165) is 5.56 Å². The highest BCUT2D eigenvalue weighted by Gasteiger charge is 2.19. The van der Waals surface area contributed by atoms with Gasteiger partial charge in [0.2, 0.25) is 5.91 Å². The van der Waals surface area contributed by atoms with Crippen LogP contribution in [-0.4, -0.2) is 11.9 Å². The Bertz CT molecular complexity index is 641. The lowest BCUT2D eigenvalue weighted by Gasteiger charge is -2.16. The van der Waals surface area contributed by atoms with Gasteiger partial charge in [-0.25, -0.2) is 4.79 Å². The molecule has 21 heavy (non-hydrogen) atoms. The number of aryl methyl sites for hydroxylation is 1. The summed E-state index contributed by atoms with van der Waals surface area (Å²) in [5.74, 6) is -0.611. The predicted octanol–water partition coefficient (Wildman–Crippen LogP) is 2.34. The Balaban J connectivity index is 2.07. The van der Waals surface area contributed by atoms with Crippen LogP contribution in [0.4, 0.5) is 10.5 Å². The van der Waals surface area contributed by atoms with Crippen LogP contribution in [0.5, 0.6) is 0 Å². The monoisotopic (exact) mass is 283 g/mol. The summed E-state index contributed by atoms with van der Waals surface area (Å²) in [5.41, 5.74) is 7.68. The van der Waals surface area contributed by atoms with E-state index in [1.807, 2.05) is 31.2 Å². The standard InChI is InChI=1S/C16H17N3O2/c1-11-6-5-9-13(10-11)18-16(21)19-14(15(17)20)12-7-3-2-4-8-12/h2-10,14H,1H3,(H2,17,20)(H2,18,19,21)/t14-/m1/s1. The van der Waals surface area contributed by atoms with Crippen LogP contribution < -0.4 is 16.4 Å². The Labute approximate surface area is 123 Å². The Kier molecular flexibility index (Phi) is 4.56. The lowest BCUT2D eigenvalue weighted by Crippen LogP contribution is -2.39. The SMILES string of the molecule is Cc1cccc(NC(=O)N[C@@H](C(N)=O)c2ccccc2)c1. The lowest BCUT2D eigenvalue weighted by atomic mass is 10.1. The summed E-state index contributed by atoms with van der Waals surface area (Å²) in [7, 11) is 0. The van der Waals surface area contributed by atoms with Crippen molar-refractivity contribution < 1.29 is 9.59 Å². The Morgan fingerprint density at radius 2 is 1.76 bits per heavy atom. The van der Waals surface area contributed by atoms with Gasteiger partial charge in [-0.15, -0.1) is 0 Å². The van der Waals surface area contributed by atoms with Crippen molar-refractivity contribution >= 4 is 17.6 Å². The Morgan fingerprint density at radius 3 is 2.38 bits per heavy atom. The van der Waals surface area contributed by atoms with Gasteiger partial charge in [-0.1, -0.05) is 42.5 Å². The van der Waals surface area contributed by atoms with Crippen molar-refractivity contribution in [3.63, 3.8) is 0 Å². The second-order valence-electron chi connectivity index (χ2n) is 4.71. The summed E-state index contributed by atoms with van der Waals surface area (Å²) in [6.07, 6.45) is 0. The van der Waals surface area contributed by atoms with Crippen molar-refractivity contribution in [1.29, 1.82) is 0 Å². The molecular weight excluding hydrogens is 266 g/mol. The second kappa shape index (κ2) is 6.56. The molecule has 0 saturated heterocycles. The number of primary amides is 1. The number of carbonyl (C=O) groups excluding carboxylic acids is 2. The number of hydrogen-bond acceptors (Lipinski definition) is 2. The third-order valence-electron chi connectivity index (χ3n) is 2.97. The molecule has 0 spiro atoms. The summed E-state index contributed by atoms with van der Waals surface area (Å²) < 4.78 is 0. The van der Waals surface area contributed by atoms with Crippen molar-refractivity contribution in [3.8, 4) is 0 Å². The Morgan fingerprint density at radius 1 is 1.05 bits per heavy atom. The number of urea groups is 1. The van der Waals surface area contributed by atoms with Crippen LogP contribution in [0.1, 0.15) is 17.2 Å². The highest BCUT2D eigenvalue weighted by molar-refractivity contribution is 5.93. The van der Waals surface area contributed by atoms with Crippen LogP contribution in [-0.2, 0) is 4.79 Å². The molecule has 0 heterocycles. The lowest BCUT2D eigenvalue weighted by molar-refractivity contribution is -0.119. The molecule has 0 fully saturated rings. The van der Waals surface area contributed by atoms with Gasteiger partial charge in [0.15, 0.2) is 0 Å². The fourth-order valence-corrected chi connectivity index (χ4v) is 1.99. The number of anilines is 1. The van der Waals surface area contributed by atoms with E-state index < -0.39 is 18.0 Å². The fraction of sp³-hybridized carbons (Fsp3) is 0.125. The molecule has 0 aliphatic rings. The molecule has 0 radical (unpaired) electrons. The smallest absolute Gasteiger partial charge is 0.320 e. The number of rotatable bonds is 4. The van der Waals surface area contributed by atoms with Crippen molar-refractivity contribution in [2.24, 2.45) is 5.73 Å². The first-order valence-corrected chi connectivity index (χ1v) is 6.54. The molecule has 0 bridgehead atoms. The van der Waals surface area contributed by atoms with Gasteiger partial charge in [-0.2, -0.15) is 0 Å². The molecule has 5 nitrogen and oxygen atoms in total. The molecule has 5 heteroatoms. The number of carbonyl (C=O) groups is 2. The van der Waals surface area contributed by atoms with Crippen molar-refractivity contribution in [2.45, 2.75) is 13.0 Å². The molecule has 2 aromatic rings. The van der Waals surface area contributed by atoms with E-state index in [0.29, 0.717) is 11.3 Å². The molecule has 3 amide bonds. The second-order valence-corrected chi connectivity index (χ2v) is 4.71. The maximum absolute atomic E-state index is 12.0. The molecule has 4 N–H and O–H groups in total. The number of nitrogens with two attached hydrogens (primary N) is 1. The van der Waals surface area contributed by atoms with E-state index in [1.54, 1.807) is 30.3 Å². The highest BCUT2D eigenvalue weighted by Crippen LogP contribution is 2.13. The quantitative estimate of drug-likeness (QED) is 0.804. The Hall–Kier alpha value is -2.82. The molecule has 0 saturated carbocycles. The zero-order chi connectivity index (χ0) is 15.2. The zero-order valence-corrected chi connectivity index (χ0v) is 11.7. The van der Waals surface area contributed by atoms with Crippen LogP contribution in [0.25, 0.3) is 0 Å². The average molecular weight is 283 g/mol. The zero-order valence-electron chi connectivity index (χ0n) is 11.7. The minimum atomic E-state index is -0.865. The number of amides is 3. The minimum Gasteiger partial charge on any atom is -0.368 e. The summed E-state index contributed by atoms with van der Waals surface area (Å²) in [6.45, 7) is 1.93. The molecule has 2 rings (SSSR count). The summed E-state index contributed by atoms with van der Waals surface area (Å²) >= 11 is 0. The maximum atomic E-state index is 12.0. The minimum absolute atomic E-state index is 0.478. The van der Waals surface area contributed by atoms with E-state index in [-0.39, 0.29) is 0 Å². The summed E-state index contributed by atoms with van der Waals surface area (Å²) in [4.78, 5) is 23.5. The molecule has 0 aliphatic heterocycles. The molecule has 1 atom stereocenters. The van der Waals surface area contributed by atoms with E-state index in [9.17, 15) is 9.59 Å². The average Bonchev–Trinajstić information content (AvgIpc) is 2.45. The van der Waals surface area contributed by atoms with Gasteiger partial charge in [0.25, 0.3) is 0 Å². The van der Waals surface area contributed by atoms with E-state index in [1.165, 1.54) is 0 Å². The molecule has 108 valence electrons. The molecule has 0 aliphatic carbocycles. The number of nitrogens with one attached hydrogen (secondary N) is 2. The van der Waals surface area contributed by atoms with Crippen LogP contribution in [0.3, 0.4) is 0 Å². The molecule has 2 aromatic carbocycles. The maximum Gasteiger partial charge on any atom is 0.320 e. The summed E-state index contributed by atoms with van der Waals surface area (Å²) in [5, 5.41) is 5.26. The van der Waals surface area contributed by atoms with Gasteiger partial charge >= 0.3 is 6.03 Å². The van der Waals surface area contributed by atoms with E-state index in [4.69, 9.17) is 5.73 Å². The van der Waals surface area contributed by atoms with E-state index in [2.05, 4.69) is 10.6 Å². The van der Waals surface area contributed by atoms with Crippen molar-refractivity contribution in [3.05, 3.63) is 65.7 Å². The van der Waals surface area contributed by atoms with Gasteiger partial charge < -0.3 is 16.4 Å². The highest BCUT2D eigenvalue weighted by atomic mass is 16.2. The summed E-state index contributed by atoms with van der Waals surface area (Å²) in [6, 6.07) is 14.9. The van der Waals surface area contributed by atoms with Gasteiger partial charge in [0.1, 0.15) is 6.04 Å². The van der Waals surface area contributed by atoms with Gasteiger partial charge in [0.05, 0.1) is 0 Å². The van der Waals surface area contributed by atoms with Gasteiger partial charge in [0, 0.05) is 5.69 Å². The molecule has 0 unspecified atom stereocenters. The normalized spacial score (nSPS) is 11.5. The largest absolute Gasteiger partial charge is 0.368 e. The van der Waals surface area contributed by atoms with Gasteiger partial charge in [-0.05, 0) is 30.2 Å². The van der Waals surface area contributed by atoms with Crippen LogP contribution in [0.15, 0.2) is 54.6 Å². The van der Waals surface area contributed by atoms with Crippen LogP contribution in [0.2, 0.25) is 0 Å². The first-order valence-electron chi connectivity index (χ1n) is 6.54. The van der Waals surface area contributed by atoms with Crippen molar-refractivity contribution in [1.82, 2.24) is 5.32 Å². The van der Waals surface area contributed by atoms with Crippen molar-refractivity contribution in [2.75, 3.05) is 5.32 Å². The first-order chi connectivity index (χ1) is 10.1. The number of hydrogen-bond donors (Lipinski definition) is 3. The third kappa shape index (κ3) is 4.07. The van der Waals surface area contributed by atoms with E-state index >= 15 is 0 Å². The fourth-order valence-electron chi connectivity index (χ4n) is 1.99. The number of benzene rings is 2. The predicted molar refractivity (Wildman–Crippen MR) is 81.7 cm³/mol.